The number of carbonyl (C=O) groups is 1. The third-order valence-electron chi connectivity index (χ3n) is 0.615. The minimum Gasteiger partial charge on any atom is -0.481 e. The summed E-state index contributed by atoms with van der Waals surface area (Å²) in [6.45, 7) is 1.98. The zero-order valence-electron chi connectivity index (χ0n) is 6.42. The van der Waals surface area contributed by atoms with Crippen molar-refractivity contribution >= 4 is 17.6 Å². The molecule has 0 spiro atoms. The number of halogens is 1. The summed E-state index contributed by atoms with van der Waals surface area (Å²) in [6.07, 6.45) is 0.222. The van der Waals surface area contributed by atoms with Gasteiger partial charge in [0.1, 0.15) is 6.07 Å². The molecule has 0 aliphatic rings. The molecule has 0 heterocycles. The molecule has 0 saturated heterocycles. The number of aliphatic hydroxyl groups excluding tert-OH is 1. The van der Waals surface area contributed by atoms with E-state index < -0.39 is 5.97 Å². The van der Waals surface area contributed by atoms with Crippen LogP contribution in [-0.2, 0) is 9.53 Å². The second-order valence-electron chi connectivity index (χ2n) is 1.49. The highest BCUT2D eigenvalue weighted by atomic mass is 35.5. The van der Waals surface area contributed by atoms with Gasteiger partial charge in [-0.25, -0.2) is 0 Å². The van der Waals surface area contributed by atoms with E-state index in [1.165, 1.54) is 0 Å². The minimum absolute atomic E-state index is 0.0483. The lowest BCUT2D eigenvalue weighted by Crippen LogP contribution is -1.95. The van der Waals surface area contributed by atoms with Crippen LogP contribution in [0.4, 0.5) is 0 Å². The van der Waals surface area contributed by atoms with Crippen LogP contribution >= 0.6 is 11.6 Å². The maximum Gasteiger partial charge on any atom is 0.303 e. The summed E-state index contributed by atoms with van der Waals surface area (Å²) in [4.78, 5) is 9.37. The molecule has 0 bridgehead atoms. The summed E-state index contributed by atoms with van der Waals surface area (Å²) in [6, 6.07) is 0.167. The third kappa shape index (κ3) is 26.1. The Labute approximate surface area is 70.7 Å². The molecule has 0 amide bonds. The van der Waals surface area contributed by atoms with Crippen LogP contribution in [0, 0.1) is 0 Å². The topological polar surface area (TPSA) is 66.8 Å². The van der Waals surface area contributed by atoms with Crippen molar-refractivity contribution in [2.24, 2.45) is 0 Å². The molecule has 0 aromatic carbocycles. The number of aliphatic hydroxyl groups is 1. The predicted octanol–water partition coefficient (Wildman–Crippen LogP) is 0.673. The molecule has 0 unspecified atom stereocenters. The van der Waals surface area contributed by atoms with Crippen molar-refractivity contribution in [3.8, 4) is 0 Å². The molecule has 4 nitrogen and oxygen atoms in total. The molecule has 0 aliphatic heterocycles. The van der Waals surface area contributed by atoms with Crippen LogP contribution in [0.25, 0.3) is 0 Å². The summed E-state index contributed by atoms with van der Waals surface area (Å²) in [5, 5.41) is 15.7. The van der Waals surface area contributed by atoms with Gasteiger partial charge in [0.15, 0.2) is 0 Å². The molecule has 0 saturated carbocycles. The largest absolute Gasteiger partial charge is 0.481 e. The van der Waals surface area contributed by atoms with Crippen molar-refractivity contribution in [1.82, 2.24) is 0 Å². The van der Waals surface area contributed by atoms with E-state index in [9.17, 15) is 4.79 Å². The first-order valence-corrected chi connectivity index (χ1v) is 3.68. The fourth-order valence-electron chi connectivity index (χ4n) is 0.119. The Morgan fingerprint density at radius 1 is 1.64 bits per heavy atom. The predicted molar refractivity (Wildman–Crippen MR) is 41.7 cm³/mol. The van der Waals surface area contributed by atoms with E-state index >= 15 is 0 Å². The van der Waals surface area contributed by atoms with Crippen LogP contribution in [0.5, 0.6) is 0 Å². The van der Waals surface area contributed by atoms with Gasteiger partial charge >= 0.3 is 5.97 Å². The van der Waals surface area contributed by atoms with Crippen LogP contribution in [-0.4, -0.2) is 35.5 Å². The van der Waals surface area contributed by atoms with Gasteiger partial charge in [0, 0.05) is 6.42 Å². The van der Waals surface area contributed by atoms with E-state index in [1.807, 2.05) is 0 Å². The van der Waals surface area contributed by atoms with E-state index in [1.54, 1.807) is 6.92 Å². The highest BCUT2D eigenvalue weighted by Crippen LogP contribution is 1.74. The average Bonchev–Trinajstić information content (AvgIpc) is 2.02. The zero-order chi connectivity index (χ0) is 9.11. The summed E-state index contributed by atoms with van der Waals surface area (Å²) in [5.74, 6) is -0.745. The van der Waals surface area contributed by atoms with Crippen molar-refractivity contribution in [3.63, 3.8) is 0 Å². The van der Waals surface area contributed by atoms with Gasteiger partial charge in [0.05, 0.1) is 13.2 Å². The number of carboxylic acids is 1. The lowest BCUT2D eigenvalue weighted by atomic mass is 10.5. The SMILES string of the molecule is CCC(=O)O.OCCOCCl. The van der Waals surface area contributed by atoms with E-state index in [0.29, 0.717) is 6.61 Å². The first-order chi connectivity index (χ1) is 5.18. The Kier molecular flexibility index (Phi) is 14.9. The number of alkyl halides is 1. The van der Waals surface area contributed by atoms with Crippen molar-refractivity contribution in [2.45, 2.75) is 13.3 Å². The second-order valence-corrected chi connectivity index (χ2v) is 1.71. The van der Waals surface area contributed by atoms with Crippen molar-refractivity contribution < 1.29 is 19.7 Å². The molecule has 5 heteroatoms. The van der Waals surface area contributed by atoms with Gasteiger partial charge in [-0.2, -0.15) is 0 Å². The first kappa shape index (κ1) is 13.3. The molecule has 11 heavy (non-hydrogen) atoms. The lowest BCUT2D eigenvalue weighted by Gasteiger charge is -1.89. The number of hydrogen-bond donors (Lipinski definition) is 2. The van der Waals surface area contributed by atoms with Crippen LogP contribution in [0.15, 0.2) is 0 Å². The van der Waals surface area contributed by atoms with Gasteiger partial charge < -0.3 is 14.9 Å². The monoisotopic (exact) mass is 184 g/mol. The molecule has 0 atom stereocenters. The van der Waals surface area contributed by atoms with E-state index in [0.717, 1.165) is 0 Å². The van der Waals surface area contributed by atoms with Gasteiger partial charge in [0.2, 0.25) is 0 Å². The minimum atomic E-state index is -0.745. The number of ether oxygens (including phenoxy) is 1. The fourth-order valence-corrected chi connectivity index (χ4v) is 0.228. The molecule has 0 radical (unpaired) electrons. The molecular weight excluding hydrogens is 172 g/mol. The zero-order valence-corrected chi connectivity index (χ0v) is 7.17. The van der Waals surface area contributed by atoms with Gasteiger partial charge in [0.25, 0.3) is 0 Å². The van der Waals surface area contributed by atoms with Gasteiger partial charge in [-0.3, -0.25) is 4.79 Å². The van der Waals surface area contributed by atoms with Crippen LogP contribution in [0.2, 0.25) is 0 Å². The van der Waals surface area contributed by atoms with Crippen molar-refractivity contribution in [2.75, 3.05) is 19.3 Å². The Balaban J connectivity index is 0. The molecule has 2 N–H and O–H groups in total. The molecule has 0 aromatic heterocycles. The van der Waals surface area contributed by atoms with Crippen molar-refractivity contribution in [1.29, 1.82) is 0 Å². The highest BCUT2D eigenvalue weighted by Gasteiger charge is 1.80. The van der Waals surface area contributed by atoms with E-state index in [2.05, 4.69) is 4.74 Å². The highest BCUT2D eigenvalue weighted by molar-refractivity contribution is 6.17. The van der Waals surface area contributed by atoms with Gasteiger partial charge in [-0.15, -0.1) is 0 Å². The summed E-state index contributed by atoms with van der Waals surface area (Å²) < 4.78 is 4.50. The summed E-state index contributed by atoms with van der Waals surface area (Å²) in [5.41, 5.74) is 0. The first-order valence-electron chi connectivity index (χ1n) is 3.15. The van der Waals surface area contributed by atoms with Crippen LogP contribution in [0.3, 0.4) is 0 Å². The molecule has 68 valence electrons. The Bertz CT molecular complexity index is 82.7. The van der Waals surface area contributed by atoms with E-state index in [-0.39, 0.29) is 19.1 Å². The molecule has 0 aromatic rings. The third-order valence-corrected chi connectivity index (χ3v) is 0.770. The second kappa shape index (κ2) is 12.4. The van der Waals surface area contributed by atoms with Crippen molar-refractivity contribution in [3.05, 3.63) is 0 Å². The number of carboxylic acid groups (broad SMARTS) is 1. The maximum absolute atomic E-state index is 9.37. The van der Waals surface area contributed by atoms with Crippen LogP contribution in [0.1, 0.15) is 13.3 Å². The Morgan fingerprint density at radius 2 is 2.09 bits per heavy atom. The van der Waals surface area contributed by atoms with E-state index in [4.69, 9.17) is 21.8 Å². The lowest BCUT2D eigenvalue weighted by molar-refractivity contribution is -0.136. The molecular formula is C6H13ClO4. The fraction of sp³-hybridized carbons (Fsp3) is 0.833. The summed E-state index contributed by atoms with van der Waals surface area (Å²) in [7, 11) is 0. The van der Waals surface area contributed by atoms with Gasteiger partial charge in [-0.05, 0) is 0 Å². The van der Waals surface area contributed by atoms with Crippen LogP contribution < -0.4 is 0 Å². The standard InChI is InChI=1S/C3H7ClO2.C3H6O2/c4-3-6-2-1-5;1-2-3(4)5/h5H,1-3H2;2H2,1H3,(H,4,5). The molecule has 0 aliphatic carbocycles. The number of aliphatic carboxylic acids is 1. The summed E-state index contributed by atoms with van der Waals surface area (Å²) >= 11 is 5.05. The quantitative estimate of drug-likeness (QED) is 0.498. The average molecular weight is 185 g/mol. The molecule has 0 fully saturated rings. The maximum atomic E-state index is 9.37. The Hall–Kier alpha value is -0.320. The smallest absolute Gasteiger partial charge is 0.303 e. The normalized spacial score (nSPS) is 8.27. The number of rotatable bonds is 4. The molecule has 0 rings (SSSR count). The Morgan fingerprint density at radius 3 is 2.18 bits per heavy atom. The van der Waals surface area contributed by atoms with Gasteiger partial charge in [-0.1, -0.05) is 18.5 Å². The number of hydrogen-bond acceptors (Lipinski definition) is 3.